The van der Waals surface area contributed by atoms with Crippen molar-refractivity contribution in [1.82, 2.24) is 19.9 Å². The lowest BCUT2D eigenvalue weighted by atomic mass is 10.3. The highest BCUT2D eigenvalue weighted by atomic mass is 35.5. The fraction of sp³-hybridized carbons (Fsp3) is 0.571. The Balaban J connectivity index is 2.17. The number of fused-ring (bicyclic) bond motifs is 1. The summed E-state index contributed by atoms with van der Waals surface area (Å²) in [6, 6.07) is 0. The standard InChI is InChI=1S/C14H21ClN6O2/c1-22-7-3-5-16-12-11-10(18-9-19-12)13(21-14(15)20-11)17-6-4-8-23-2/h9H,3-8H2,1-2H3,(H,16,18,19)(H,17,20,21). The summed E-state index contributed by atoms with van der Waals surface area (Å²) in [6.07, 6.45) is 3.20. The van der Waals surface area contributed by atoms with Crippen molar-refractivity contribution in [3.8, 4) is 0 Å². The van der Waals surface area contributed by atoms with Crippen LogP contribution in [0.4, 0.5) is 11.6 Å². The van der Waals surface area contributed by atoms with Gasteiger partial charge in [0.25, 0.3) is 0 Å². The summed E-state index contributed by atoms with van der Waals surface area (Å²) in [7, 11) is 3.35. The molecule has 0 fully saturated rings. The molecule has 0 saturated heterocycles. The van der Waals surface area contributed by atoms with Gasteiger partial charge in [-0.25, -0.2) is 15.0 Å². The summed E-state index contributed by atoms with van der Waals surface area (Å²) in [4.78, 5) is 17.0. The Hall–Kier alpha value is -1.77. The molecule has 2 N–H and O–H groups in total. The van der Waals surface area contributed by atoms with E-state index >= 15 is 0 Å². The number of anilines is 2. The number of nitrogens with one attached hydrogen (secondary N) is 2. The van der Waals surface area contributed by atoms with Gasteiger partial charge in [-0.1, -0.05) is 0 Å². The van der Waals surface area contributed by atoms with Crippen LogP contribution in [0.3, 0.4) is 0 Å². The van der Waals surface area contributed by atoms with E-state index in [0.29, 0.717) is 42.4 Å². The molecule has 8 nitrogen and oxygen atoms in total. The monoisotopic (exact) mass is 340 g/mol. The van der Waals surface area contributed by atoms with Crippen LogP contribution in [0.5, 0.6) is 0 Å². The molecule has 0 atom stereocenters. The van der Waals surface area contributed by atoms with Gasteiger partial charge in [0.2, 0.25) is 5.28 Å². The Labute approximate surface area is 140 Å². The molecule has 2 heterocycles. The summed E-state index contributed by atoms with van der Waals surface area (Å²) in [5.41, 5.74) is 1.23. The lowest BCUT2D eigenvalue weighted by Crippen LogP contribution is -2.10. The maximum absolute atomic E-state index is 6.03. The molecule has 0 saturated carbocycles. The van der Waals surface area contributed by atoms with Crippen molar-refractivity contribution < 1.29 is 9.47 Å². The zero-order valence-corrected chi connectivity index (χ0v) is 14.1. The van der Waals surface area contributed by atoms with Gasteiger partial charge in [0.05, 0.1) is 0 Å². The second kappa shape index (κ2) is 9.39. The molecule has 0 aliphatic rings. The molecule has 0 unspecified atom stereocenters. The minimum absolute atomic E-state index is 0.154. The normalized spacial score (nSPS) is 10.9. The van der Waals surface area contributed by atoms with Crippen LogP contribution >= 0.6 is 11.6 Å². The van der Waals surface area contributed by atoms with E-state index in [1.165, 1.54) is 6.33 Å². The highest BCUT2D eigenvalue weighted by molar-refractivity contribution is 6.28. The van der Waals surface area contributed by atoms with Crippen LogP contribution in [0.2, 0.25) is 5.28 Å². The summed E-state index contributed by atoms with van der Waals surface area (Å²) in [5, 5.41) is 6.59. The van der Waals surface area contributed by atoms with Crippen LogP contribution in [-0.2, 0) is 9.47 Å². The van der Waals surface area contributed by atoms with E-state index in [9.17, 15) is 0 Å². The van der Waals surface area contributed by atoms with E-state index in [2.05, 4.69) is 30.6 Å². The summed E-state index contributed by atoms with van der Waals surface area (Å²) < 4.78 is 10.1. The third kappa shape index (κ3) is 5.12. The van der Waals surface area contributed by atoms with Crippen LogP contribution in [-0.4, -0.2) is 60.5 Å². The summed E-state index contributed by atoms with van der Waals surface area (Å²) >= 11 is 6.03. The van der Waals surface area contributed by atoms with Crippen LogP contribution in [0.25, 0.3) is 11.0 Å². The van der Waals surface area contributed by atoms with Gasteiger partial charge in [-0.05, 0) is 24.4 Å². The van der Waals surface area contributed by atoms with Crippen LogP contribution in [0.1, 0.15) is 12.8 Å². The molecule has 23 heavy (non-hydrogen) atoms. The third-order valence-electron chi connectivity index (χ3n) is 3.09. The Morgan fingerprint density at radius 1 is 0.913 bits per heavy atom. The highest BCUT2D eigenvalue weighted by Gasteiger charge is 2.12. The van der Waals surface area contributed by atoms with Gasteiger partial charge in [0, 0.05) is 40.5 Å². The first-order valence-corrected chi connectivity index (χ1v) is 7.78. The SMILES string of the molecule is COCCCNc1nc(Cl)nc2c(NCCCOC)ncnc12. The molecule has 0 aromatic carbocycles. The maximum atomic E-state index is 6.03. The Kier molecular flexibility index (Phi) is 7.18. The number of hydrogen-bond acceptors (Lipinski definition) is 8. The molecular weight excluding hydrogens is 320 g/mol. The van der Waals surface area contributed by atoms with Crippen molar-refractivity contribution >= 4 is 34.3 Å². The second-order valence-electron chi connectivity index (χ2n) is 4.81. The number of nitrogens with zero attached hydrogens (tertiary/aromatic N) is 4. The van der Waals surface area contributed by atoms with Gasteiger partial charge in [0.1, 0.15) is 17.4 Å². The van der Waals surface area contributed by atoms with Gasteiger partial charge in [-0.3, -0.25) is 0 Å². The molecule has 2 rings (SSSR count). The number of halogens is 1. The van der Waals surface area contributed by atoms with Crippen molar-refractivity contribution in [3.05, 3.63) is 11.6 Å². The molecule has 0 bridgehead atoms. The van der Waals surface area contributed by atoms with E-state index in [-0.39, 0.29) is 5.28 Å². The summed E-state index contributed by atoms with van der Waals surface area (Å²) in [6.45, 7) is 2.78. The van der Waals surface area contributed by atoms with Crippen LogP contribution in [0, 0.1) is 0 Å². The Morgan fingerprint density at radius 2 is 1.57 bits per heavy atom. The van der Waals surface area contributed by atoms with Crippen molar-refractivity contribution in [2.45, 2.75) is 12.8 Å². The average Bonchev–Trinajstić information content (AvgIpc) is 2.55. The number of aromatic nitrogens is 4. The van der Waals surface area contributed by atoms with Crippen molar-refractivity contribution in [2.24, 2.45) is 0 Å². The second-order valence-corrected chi connectivity index (χ2v) is 5.15. The van der Waals surface area contributed by atoms with Crippen LogP contribution < -0.4 is 10.6 Å². The molecule has 2 aromatic rings. The molecule has 0 spiro atoms. The van der Waals surface area contributed by atoms with E-state index in [0.717, 1.165) is 19.4 Å². The number of hydrogen-bond donors (Lipinski definition) is 2. The molecule has 0 amide bonds. The largest absolute Gasteiger partial charge is 0.385 e. The van der Waals surface area contributed by atoms with E-state index in [4.69, 9.17) is 21.1 Å². The fourth-order valence-electron chi connectivity index (χ4n) is 2.02. The zero-order chi connectivity index (χ0) is 16.5. The molecule has 2 aromatic heterocycles. The minimum Gasteiger partial charge on any atom is -0.385 e. The predicted molar refractivity (Wildman–Crippen MR) is 90.1 cm³/mol. The average molecular weight is 341 g/mol. The first-order valence-electron chi connectivity index (χ1n) is 7.40. The quantitative estimate of drug-likeness (QED) is 0.501. The molecule has 126 valence electrons. The lowest BCUT2D eigenvalue weighted by Gasteiger charge is -2.11. The minimum atomic E-state index is 0.154. The third-order valence-corrected chi connectivity index (χ3v) is 3.26. The van der Waals surface area contributed by atoms with Gasteiger partial charge >= 0.3 is 0 Å². The summed E-state index contributed by atoms with van der Waals surface area (Å²) in [5.74, 6) is 1.23. The zero-order valence-electron chi connectivity index (χ0n) is 13.3. The number of ether oxygens (including phenoxy) is 2. The Bertz CT molecular complexity index is 627. The van der Waals surface area contributed by atoms with Gasteiger partial charge in [0.15, 0.2) is 11.6 Å². The molecule has 0 aliphatic carbocycles. The van der Waals surface area contributed by atoms with E-state index < -0.39 is 0 Å². The topological polar surface area (TPSA) is 94.1 Å². The molecule has 9 heteroatoms. The molecular formula is C14H21ClN6O2. The van der Waals surface area contributed by atoms with E-state index in [1.54, 1.807) is 14.2 Å². The fourth-order valence-corrected chi connectivity index (χ4v) is 2.19. The van der Waals surface area contributed by atoms with E-state index in [1.807, 2.05) is 0 Å². The first kappa shape index (κ1) is 17.6. The lowest BCUT2D eigenvalue weighted by molar-refractivity contribution is 0.197. The van der Waals surface area contributed by atoms with Crippen LogP contribution in [0.15, 0.2) is 6.33 Å². The van der Waals surface area contributed by atoms with Crippen molar-refractivity contribution in [2.75, 3.05) is 51.2 Å². The van der Waals surface area contributed by atoms with Gasteiger partial charge < -0.3 is 20.1 Å². The first-order chi connectivity index (χ1) is 11.3. The molecule has 0 aliphatic heterocycles. The molecule has 0 radical (unpaired) electrons. The number of methoxy groups -OCH3 is 2. The number of rotatable bonds is 10. The van der Waals surface area contributed by atoms with Gasteiger partial charge in [-0.15, -0.1) is 0 Å². The Morgan fingerprint density at radius 3 is 2.22 bits per heavy atom. The predicted octanol–water partition coefficient (Wildman–Crippen LogP) is 1.97. The highest BCUT2D eigenvalue weighted by Crippen LogP contribution is 2.24. The van der Waals surface area contributed by atoms with Crippen molar-refractivity contribution in [1.29, 1.82) is 0 Å². The maximum Gasteiger partial charge on any atom is 0.225 e. The van der Waals surface area contributed by atoms with Crippen molar-refractivity contribution in [3.63, 3.8) is 0 Å². The van der Waals surface area contributed by atoms with Gasteiger partial charge in [-0.2, -0.15) is 4.98 Å². The smallest absolute Gasteiger partial charge is 0.225 e.